The first-order valence-electron chi connectivity index (χ1n) is 9.05. The summed E-state index contributed by atoms with van der Waals surface area (Å²) in [6.45, 7) is 0. The van der Waals surface area contributed by atoms with E-state index < -0.39 is 0 Å². The summed E-state index contributed by atoms with van der Waals surface area (Å²) in [6, 6.07) is 30.2. The van der Waals surface area contributed by atoms with Crippen molar-refractivity contribution in [3.8, 4) is 11.4 Å². The normalized spacial score (nSPS) is 10.7. The molecule has 0 unspecified atom stereocenters. The molecule has 0 saturated carbocycles. The van der Waals surface area contributed by atoms with Gasteiger partial charge >= 0.3 is 0 Å². The Hall–Kier alpha value is -3.14. The van der Waals surface area contributed by atoms with Crippen LogP contribution in [0.5, 0.6) is 0 Å². The van der Waals surface area contributed by atoms with Gasteiger partial charge in [0.15, 0.2) is 5.82 Å². The molecule has 1 heterocycles. The van der Waals surface area contributed by atoms with Crippen molar-refractivity contribution in [1.29, 1.82) is 0 Å². The molecule has 0 aliphatic rings. The van der Waals surface area contributed by atoms with Gasteiger partial charge < -0.3 is 17.7 Å². The summed E-state index contributed by atoms with van der Waals surface area (Å²) in [5.74, 6) is 1.45. The number of halogens is 2. The zero-order valence-electron chi connectivity index (χ0n) is 15.3. The van der Waals surface area contributed by atoms with E-state index in [2.05, 4.69) is 29.6 Å². The minimum absolute atomic E-state index is 0. The first-order chi connectivity index (χ1) is 13.8. The van der Waals surface area contributed by atoms with Gasteiger partial charge in [-0.15, -0.1) is 0 Å². The van der Waals surface area contributed by atoms with Crippen molar-refractivity contribution in [3.05, 3.63) is 96.0 Å². The molecule has 0 aliphatic heterocycles. The minimum Gasteiger partial charge on any atom is -1.00 e. The molecule has 5 rings (SSSR count). The summed E-state index contributed by atoms with van der Waals surface area (Å²) in [5, 5.41) is 7.54. The van der Waals surface area contributed by atoms with Crippen LogP contribution in [0.4, 0.5) is 11.5 Å². The Morgan fingerprint density at radius 3 is 2.17 bits per heavy atom. The van der Waals surface area contributed by atoms with E-state index in [9.17, 15) is 0 Å². The summed E-state index contributed by atoms with van der Waals surface area (Å²) >= 11 is 6.04. The summed E-state index contributed by atoms with van der Waals surface area (Å²) in [4.78, 5) is 9.58. The molecule has 3 nitrogen and oxygen atoms in total. The first kappa shape index (κ1) is 19.2. The van der Waals surface area contributed by atoms with Crippen molar-refractivity contribution in [2.24, 2.45) is 0 Å². The predicted molar refractivity (Wildman–Crippen MR) is 117 cm³/mol. The molecule has 0 bridgehead atoms. The number of anilines is 2. The van der Waals surface area contributed by atoms with Crippen LogP contribution >= 0.6 is 11.6 Å². The fourth-order valence-corrected chi connectivity index (χ4v) is 3.49. The first-order valence-corrected chi connectivity index (χ1v) is 9.43. The van der Waals surface area contributed by atoms with Gasteiger partial charge in [-0.25, -0.2) is 9.97 Å². The Morgan fingerprint density at radius 2 is 1.34 bits per heavy atom. The quantitative estimate of drug-likeness (QED) is 0.485. The zero-order valence-corrected chi connectivity index (χ0v) is 16.8. The third-order valence-corrected chi connectivity index (χ3v) is 5.00. The molecule has 0 amide bonds. The number of para-hydroxylation sites is 1. The molecule has 0 aliphatic carbocycles. The number of hydrogen-bond acceptors (Lipinski definition) is 3. The highest BCUT2D eigenvalue weighted by atomic mass is 35.5. The molecule has 5 heteroatoms. The fourth-order valence-electron chi connectivity index (χ4n) is 3.36. The van der Waals surface area contributed by atoms with E-state index in [1.165, 1.54) is 5.39 Å². The van der Waals surface area contributed by atoms with Crippen molar-refractivity contribution in [1.82, 2.24) is 9.97 Å². The van der Waals surface area contributed by atoms with Crippen molar-refractivity contribution < 1.29 is 12.4 Å². The van der Waals surface area contributed by atoms with Crippen molar-refractivity contribution in [2.75, 3.05) is 5.32 Å². The molecule has 1 aromatic heterocycles. The van der Waals surface area contributed by atoms with Gasteiger partial charge in [0.25, 0.3) is 0 Å². The van der Waals surface area contributed by atoms with Crippen LogP contribution in [-0.2, 0) is 0 Å². The highest BCUT2D eigenvalue weighted by Crippen LogP contribution is 2.31. The van der Waals surface area contributed by atoms with Gasteiger partial charge in [0.1, 0.15) is 5.82 Å². The number of rotatable bonds is 3. The fraction of sp³-hybridized carbons (Fsp3) is 0. The van der Waals surface area contributed by atoms with E-state index in [0.29, 0.717) is 10.8 Å². The lowest BCUT2D eigenvalue weighted by atomic mass is 10.1. The molecule has 0 spiro atoms. The second-order valence-electron chi connectivity index (χ2n) is 6.57. The molecule has 4 aromatic carbocycles. The van der Waals surface area contributed by atoms with Crippen molar-refractivity contribution in [2.45, 2.75) is 0 Å². The molecule has 0 radical (unpaired) electrons. The highest BCUT2D eigenvalue weighted by Gasteiger charge is 2.11. The maximum absolute atomic E-state index is 6.04. The average molecular weight is 417 g/mol. The van der Waals surface area contributed by atoms with E-state index in [4.69, 9.17) is 21.6 Å². The van der Waals surface area contributed by atoms with Crippen molar-refractivity contribution in [3.63, 3.8) is 0 Å². The number of fused-ring (bicyclic) bond motifs is 2. The second-order valence-corrected chi connectivity index (χ2v) is 7.01. The van der Waals surface area contributed by atoms with E-state index in [1.807, 2.05) is 66.7 Å². The molecule has 29 heavy (non-hydrogen) atoms. The number of hydrogen-bond donors (Lipinski definition) is 1. The third-order valence-electron chi connectivity index (χ3n) is 4.75. The Bertz CT molecular complexity index is 1300. The Balaban J connectivity index is 0.00000205. The van der Waals surface area contributed by atoms with Gasteiger partial charge in [-0.3, -0.25) is 0 Å². The molecular weight excluding hydrogens is 401 g/mol. The van der Waals surface area contributed by atoms with E-state index in [1.54, 1.807) is 0 Å². The Kier molecular flexibility index (Phi) is 5.34. The van der Waals surface area contributed by atoms with E-state index in [0.717, 1.165) is 33.4 Å². The standard InChI is InChI=1S/C24H16ClN3.ClH/c25-18-14-12-17(13-15-18)23-26-22-10-4-3-9-20(22)24(28-23)27-21-11-5-7-16-6-1-2-8-19(16)21;/h1-15H,(H,26,27,28);1H/p-1. The van der Waals surface area contributed by atoms with Crippen LogP contribution in [0, 0.1) is 0 Å². The molecule has 1 N–H and O–H groups in total. The van der Waals surface area contributed by atoms with Crippen LogP contribution in [0.3, 0.4) is 0 Å². The smallest absolute Gasteiger partial charge is 0.162 e. The maximum atomic E-state index is 6.04. The second kappa shape index (κ2) is 8.08. The molecule has 142 valence electrons. The number of aromatic nitrogens is 2. The monoisotopic (exact) mass is 416 g/mol. The van der Waals surface area contributed by atoms with E-state index in [-0.39, 0.29) is 12.4 Å². The maximum Gasteiger partial charge on any atom is 0.162 e. The van der Waals surface area contributed by atoms with Crippen molar-refractivity contribution >= 4 is 44.8 Å². The molecule has 5 aromatic rings. The van der Waals surface area contributed by atoms with Crippen LogP contribution in [-0.4, -0.2) is 9.97 Å². The number of nitrogens with one attached hydrogen (secondary N) is 1. The van der Waals surface area contributed by atoms with Crippen LogP contribution in [0.25, 0.3) is 33.1 Å². The third kappa shape index (κ3) is 3.75. The lowest BCUT2D eigenvalue weighted by molar-refractivity contribution is -0.00000539. The predicted octanol–water partition coefficient (Wildman–Crippen LogP) is 3.85. The number of nitrogens with zero attached hydrogens (tertiary/aromatic N) is 2. The summed E-state index contributed by atoms with van der Waals surface area (Å²) in [7, 11) is 0. The van der Waals surface area contributed by atoms with Gasteiger partial charge in [-0.2, -0.15) is 0 Å². The SMILES string of the molecule is Clc1ccc(-c2nc(Nc3cccc4ccccc34)c3ccccc3n2)cc1.[Cl-]. The molecule has 0 atom stereocenters. The van der Waals surface area contributed by atoms with Crippen LogP contribution in [0.1, 0.15) is 0 Å². The summed E-state index contributed by atoms with van der Waals surface area (Å²) in [6.07, 6.45) is 0. The highest BCUT2D eigenvalue weighted by molar-refractivity contribution is 6.30. The van der Waals surface area contributed by atoms with Gasteiger partial charge in [0.2, 0.25) is 0 Å². The van der Waals surface area contributed by atoms with Gasteiger partial charge in [0.05, 0.1) is 5.52 Å². The lowest BCUT2D eigenvalue weighted by Gasteiger charge is -2.13. The lowest BCUT2D eigenvalue weighted by Crippen LogP contribution is -3.00. The van der Waals surface area contributed by atoms with Crippen LogP contribution in [0.15, 0.2) is 91.0 Å². The topological polar surface area (TPSA) is 37.8 Å². The molecule has 0 fully saturated rings. The van der Waals surface area contributed by atoms with Gasteiger partial charge in [-0.05, 0) is 47.9 Å². The van der Waals surface area contributed by atoms with E-state index >= 15 is 0 Å². The van der Waals surface area contributed by atoms with Gasteiger partial charge in [0, 0.05) is 27.0 Å². The number of benzene rings is 4. The Labute approximate surface area is 179 Å². The summed E-state index contributed by atoms with van der Waals surface area (Å²) in [5.41, 5.74) is 2.84. The molecular formula is C24H16Cl2N3-. The average Bonchev–Trinajstić information content (AvgIpc) is 2.74. The van der Waals surface area contributed by atoms with Gasteiger partial charge in [-0.1, -0.05) is 60.1 Å². The van der Waals surface area contributed by atoms with Crippen LogP contribution in [0.2, 0.25) is 5.02 Å². The largest absolute Gasteiger partial charge is 1.00 e. The Morgan fingerprint density at radius 1 is 0.655 bits per heavy atom. The zero-order chi connectivity index (χ0) is 18.9. The molecule has 0 saturated heterocycles. The van der Waals surface area contributed by atoms with Crippen LogP contribution < -0.4 is 17.7 Å². The minimum atomic E-state index is 0. The summed E-state index contributed by atoms with van der Waals surface area (Å²) < 4.78 is 0.